The number of aromatic amines is 1. The maximum Gasteiger partial charge on any atom is 0.419 e. The van der Waals surface area contributed by atoms with Gasteiger partial charge in [0.1, 0.15) is 18.0 Å². The smallest absolute Gasteiger partial charge is 0.345 e. The fourth-order valence-corrected chi connectivity index (χ4v) is 1.50. The summed E-state index contributed by atoms with van der Waals surface area (Å²) in [6.45, 7) is -0.103. The first kappa shape index (κ1) is 14.0. The molecule has 5 nitrogen and oxygen atoms in total. The van der Waals surface area contributed by atoms with Gasteiger partial charge in [-0.1, -0.05) is 6.07 Å². The Morgan fingerprint density at radius 1 is 1.35 bits per heavy atom. The van der Waals surface area contributed by atoms with Crippen LogP contribution < -0.4 is 5.32 Å². The summed E-state index contributed by atoms with van der Waals surface area (Å²) in [7, 11) is 0. The SMILES string of the molecule is O=C(NCc1ncn[nH]1)c1cccc(C(F)(F)F)c1F. The van der Waals surface area contributed by atoms with Crippen LogP contribution in [0, 0.1) is 5.82 Å². The molecule has 1 amide bonds. The van der Waals surface area contributed by atoms with Gasteiger partial charge in [0.2, 0.25) is 0 Å². The Morgan fingerprint density at radius 3 is 2.70 bits per heavy atom. The zero-order chi connectivity index (χ0) is 14.8. The third-order valence-electron chi connectivity index (χ3n) is 2.43. The molecule has 0 saturated heterocycles. The zero-order valence-corrected chi connectivity index (χ0v) is 9.83. The van der Waals surface area contributed by atoms with Crippen LogP contribution in [0.2, 0.25) is 0 Å². The lowest BCUT2D eigenvalue weighted by Crippen LogP contribution is -2.25. The van der Waals surface area contributed by atoms with Crippen molar-refractivity contribution in [3.63, 3.8) is 0 Å². The summed E-state index contributed by atoms with van der Waals surface area (Å²) in [5, 5.41) is 8.21. The molecular weight excluding hydrogens is 280 g/mol. The highest BCUT2D eigenvalue weighted by Crippen LogP contribution is 2.32. The number of aromatic nitrogens is 3. The molecule has 0 spiro atoms. The van der Waals surface area contributed by atoms with Gasteiger partial charge in [-0.25, -0.2) is 9.37 Å². The van der Waals surface area contributed by atoms with E-state index in [-0.39, 0.29) is 6.54 Å². The summed E-state index contributed by atoms with van der Waals surface area (Å²) in [5.74, 6) is -2.27. The zero-order valence-electron chi connectivity index (χ0n) is 9.83. The molecule has 2 aromatic rings. The lowest BCUT2D eigenvalue weighted by Gasteiger charge is -2.10. The third kappa shape index (κ3) is 2.92. The van der Waals surface area contributed by atoms with Crippen LogP contribution in [0.1, 0.15) is 21.7 Å². The number of alkyl halides is 3. The topological polar surface area (TPSA) is 70.7 Å². The van der Waals surface area contributed by atoms with Gasteiger partial charge >= 0.3 is 6.18 Å². The maximum atomic E-state index is 13.7. The van der Waals surface area contributed by atoms with Crippen molar-refractivity contribution in [1.29, 1.82) is 0 Å². The van der Waals surface area contributed by atoms with E-state index in [0.29, 0.717) is 11.9 Å². The maximum absolute atomic E-state index is 13.7. The summed E-state index contributed by atoms with van der Waals surface area (Å²) >= 11 is 0. The van der Waals surface area contributed by atoms with Crippen molar-refractivity contribution in [2.75, 3.05) is 0 Å². The number of H-pyrrole nitrogens is 1. The highest BCUT2D eigenvalue weighted by atomic mass is 19.4. The van der Waals surface area contributed by atoms with Crippen molar-refractivity contribution in [2.24, 2.45) is 0 Å². The number of carbonyl (C=O) groups excluding carboxylic acids is 1. The first-order valence-electron chi connectivity index (χ1n) is 5.37. The van der Waals surface area contributed by atoms with E-state index in [0.717, 1.165) is 12.1 Å². The number of rotatable bonds is 3. The molecule has 0 radical (unpaired) electrons. The van der Waals surface area contributed by atoms with E-state index in [1.807, 2.05) is 0 Å². The molecule has 1 aromatic heterocycles. The molecule has 106 valence electrons. The number of benzene rings is 1. The molecule has 2 rings (SSSR count). The number of nitrogens with zero attached hydrogens (tertiary/aromatic N) is 2. The first-order valence-corrected chi connectivity index (χ1v) is 5.37. The molecule has 2 N–H and O–H groups in total. The van der Waals surface area contributed by atoms with E-state index in [4.69, 9.17) is 0 Å². The van der Waals surface area contributed by atoms with Crippen molar-refractivity contribution in [3.8, 4) is 0 Å². The highest BCUT2D eigenvalue weighted by molar-refractivity contribution is 5.94. The summed E-state index contributed by atoms with van der Waals surface area (Å²) < 4.78 is 51.2. The number of amides is 1. The minimum atomic E-state index is -4.86. The standard InChI is InChI=1S/C11H8F4N4O/c12-9-6(2-1-3-7(9)11(13,14)15)10(20)16-4-8-17-5-18-19-8/h1-3,5H,4H2,(H,16,20)(H,17,18,19). The normalized spacial score (nSPS) is 11.4. The summed E-state index contributed by atoms with van der Waals surface area (Å²) in [6, 6.07) is 2.51. The lowest BCUT2D eigenvalue weighted by molar-refractivity contribution is -0.140. The summed E-state index contributed by atoms with van der Waals surface area (Å²) in [5.41, 5.74) is -2.16. The molecule has 0 atom stereocenters. The van der Waals surface area contributed by atoms with Crippen LogP contribution in [-0.4, -0.2) is 21.1 Å². The molecule has 20 heavy (non-hydrogen) atoms. The van der Waals surface area contributed by atoms with Crippen LogP contribution in [0.5, 0.6) is 0 Å². The second kappa shape index (κ2) is 5.27. The monoisotopic (exact) mass is 288 g/mol. The van der Waals surface area contributed by atoms with Gasteiger partial charge in [-0.2, -0.15) is 18.3 Å². The molecule has 0 aliphatic carbocycles. The minimum absolute atomic E-state index is 0.103. The van der Waals surface area contributed by atoms with E-state index in [1.165, 1.54) is 6.33 Å². The molecular formula is C11H8F4N4O. The second-order valence-electron chi connectivity index (χ2n) is 3.78. The average Bonchev–Trinajstić information content (AvgIpc) is 2.88. The van der Waals surface area contributed by atoms with Gasteiger partial charge in [0.25, 0.3) is 5.91 Å². The summed E-state index contributed by atoms with van der Waals surface area (Å²) in [4.78, 5) is 15.4. The Labute approximate surface area is 110 Å². The van der Waals surface area contributed by atoms with E-state index >= 15 is 0 Å². The largest absolute Gasteiger partial charge is 0.419 e. The van der Waals surface area contributed by atoms with Crippen LogP contribution in [0.25, 0.3) is 0 Å². The Kier molecular flexibility index (Phi) is 3.68. The molecule has 0 unspecified atom stereocenters. The molecule has 0 bridgehead atoms. The van der Waals surface area contributed by atoms with Gasteiger partial charge in [0, 0.05) is 0 Å². The van der Waals surface area contributed by atoms with Crippen LogP contribution in [-0.2, 0) is 12.7 Å². The van der Waals surface area contributed by atoms with Crippen molar-refractivity contribution in [3.05, 3.63) is 47.3 Å². The molecule has 0 fully saturated rings. The third-order valence-corrected chi connectivity index (χ3v) is 2.43. The summed E-state index contributed by atoms with van der Waals surface area (Å²) in [6.07, 6.45) is -3.66. The van der Waals surface area contributed by atoms with Crippen molar-refractivity contribution < 1.29 is 22.4 Å². The molecule has 0 saturated carbocycles. The molecule has 0 aliphatic heterocycles. The number of nitrogens with one attached hydrogen (secondary N) is 2. The lowest BCUT2D eigenvalue weighted by atomic mass is 10.1. The van der Waals surface area contributed by atoms with Crippen molar-refractivity contribution >= 4 is 5.91 Å². The van der Waals surface area contributed by atoms with Gasteiger partial charge in [-0.15, -0.1) is 0 Å². The van der Waals surface area contributed by atoms with E-state index in [9.17, 15) is 22.4 Å². The Hall–Kier alpha value is -2.45. The van der Waals surface area contributed by atoms with Gasteiger partial charge < -0.3 is 5.32 Å². The molecule has 0 aliphatic rings. The molecule has 1 aromatic carbocycles. The highest BCUT2D eigenvalue weighted by Gasteiger charge is 2.35. The second-order valence-corrected chi connectivity index (χ2v) is 3.78. The van der Waals surface area contributed by atoms with Crippen LogP contribution in [0.3, 0.4) is 0 Å². The fourth-order valence-electron chi connectivity index (χ4n) is 1.50. The van der Waals surface area contributed by atoms with E-state index in [2.05, 4.69) is 20.5 Å². The van der Waals surface area contributed by atoms with Gasteiger partial charge in [-0.05, 0) is 12.1 Å². The quantitative estimate of drug-likeness (QED) is 0.847. The Balaban J connectivity index is 2.18. The van der Waals surface area contributed by atoms with Gasteiger partial charge in [0.05, 0.1) is 17.7 Å². The van der Waals surface area contributed by atoms with E-state index in [1.54, 1.807) is 0 Å². The number of hydrogen-bond donors (Lipinski definition) is 2. The fraction of sp³-hybridized carbons (Fsp3) is 0.182. The van der Waals surface area contributed by atoms with Crippen LogP contribution >= 0.6 is 0 Å². The predicted molar refractivity (Wildman–Crippen MR) is 59.0 cm³/mol. The minimum Gasteiger partial charge on any atom is -0.345 e. The Morgan fingerprint density at radius 2 is 2.10 bits per heavy atom. The molecule has 9 heteroatoms. The Bertz CT molecular complexity index is 609. The van der Waals surface area contributed by atoms with Crippen LogP contribution in [0.4, 0.5) is 17.6 Å². The number of carbonyl (C=O) groups is 1. The van der Waals surface area contributed by atoms with Gasteiger partial charge in [-0.3, -0.25) is 9.89 Å². The van der Waals surface area contributed by atoms with Crippen molar-refractivity contribution in [1.82, 2.24) is 20.5 Å². The van der Waals surface area contributed by atoms with Crippen molar-refractivity contribution in [2.45, 2.75) is 12.7 Å². The number of hydrogen-bond acceptors (Lipinski definition) is 3. The average molecular weight is 288 g/mol. The number of halogens is 4. The van der Waals surface area contributed by atoms with Crippen LogP contribution in [0.15, 0.2) is 24.5 Å². The first-order chi connectivity index (χ1) is 9.39. The molecule has 1 heterocycles. The van der Waals surface area contributed by atoms with Gasteiger partial charge in [0.15, 0.2) is 0 Å². The predicted octanol–water partition coefficient (Wildman–Crippen LogP) is 1.89. The van der Waals surface area contributed by atoms with E-state index < -0.39 is 29.0 Å².